The summed E-state index contributed by atoms with van der Waals surface area (Å²) in [6.07, 6.45) is 3.36. The number of unbranched alkanes of at least 4 members (excludes halogenated alkanes) is 5. The van der Waals surface area contributed by atoms with E-state index in [0.717, 1.165) is 31.6 Å². The summed E-state index contributed by atoms with van der Waals surface area (Å²) >= 11 is 0. The summed E-state index contributed by atoms with van der Waals surface area (Å²) in [6, 6.07) is -1.27. The number of hydrogen-bond donors (Lipinski definition) is 8. The van der Waals surface area contributed by atoms with Gasteiger partial charge in [-0.05, 0) is 12.3 Å². The third-order valence-electron chi connectivity index (χ3n) is 6.96. The van der Waals surface area contributed by atoms with Gasteiger partial charge in [0.25, 0.3) is 0 Å². The molecule has 0 radical (unpaired) electrons. The highest BCUT2D eigenvalue weighted by Crippen LogP contribution is 2.26. The van der Waals surface area contributed by atoms with Crippen LogP contribution in [0.25, 0.3) is 11.2 Å². The number of aliphatic hydroxyl groups is 4. The number of imidazole rings is 1. The average Bonchev–Trinajstić information content (AvgIpc) is 3.42. The first kappa shape index (κ1) is 31.6. The molecule has 3 rings (SSSR count). The molecule has 2 aromatic rings. The third kappa shape index (κ3) is 9.06. The lowest BCUT2D eigenvalue weighted by molar-refractivity contribution is -0.204. The van der Waals surface area contributed by atoms with E-state index >= 15 is 0 Å². The number of aliphatic hydroxyl groups excluding tert-OH is 4. The number of nitrogens with one attached hydrogen (secondary N) is 4. The van der Waals surface area contributed by atoms with Crippen molar-refractivity contribution in [3.8, 4) is 0 Å². The Hall–Kier alpha value is -2.91. The zero-order valence-corrected chi connectivity index (χ0v) is 23.1. The summed E-state index contributed by atoms with van der Waals surface area (Å²) in [5.74, 6) is 0.0487. The van der Waals surface area contributed by atoms with Gasteiger partial charge in [0.05, 0.1) is 25.5 Å². The van der Waals surface area contributed by atoms with E-state index in [1.54, 1.807) is 0 Å². The molecule has 0 bridgehead atoms. The molecule has 2 amide bonds. The summed E-state index contributed by atoms with van der Waals surface area (Å²) in [6.45, 7) is 3.37. The first-order valence-electron chi connectivity index (χ1n) is 14.0. The van der Waals surface area contributed by atoms with Crippen LogP contribution in [0.5, 0.6) is 0 Å². The standard InChI is InChI=1S/C26H43N7O7/c1-15(2)9-7-5-3-4-6-8-10-17(36)27-11-18(37)32-19-21(38)22(39)26(40-23(19)16(35)12-34)33-25-20-24(29-13-28-20)30-14-31-25/h13-16,19,21-23,26,34-35,38-39H,3-12H2,1-2H3,(H,27,36)(H,32,37)(H2,28,29,30,31,33)/t16-,19+,21+,22+,23-,26-/m0/s1. The van der Waals surface area contributed by atoms with Crippen molar-refractivity contribution in [1.29, 1.82) is 0 Å². The lowest BCUT2D eigenvalue weighted by atomic mass is 9.92. The molecular formula is C26H43N7O7. The summed E-state index contributed by atoms with van der Waals surface area (Å²) in [4.78, 5) is 39.7. The Morgan fingerprint density at radius 2 is 1.75 bits per heavy atom. The molecule has 0 aromatic carbocycles. The molecule has 224 valence electrons. The quantitative estimate of drug-likeness (QED) is 0.126. The van der Waals surface area contributed by atoms with E-state index in [0.29, 0.717) is 17.6 Å². The maximum absolute atomic E-state index is 12.6. The van der Waals surface area contributed by atoms with Gasteiger partial charge in [-0.3, -0.25) is 9.59 Å². The summed E-state index contributed by atoms with van der Waals surface area (Å²) in [7, 11) is 0. The highest BCUT2D eigenvalue weighted by Gasteiger charge is 2.48. The minimum absolute atomic E-state index is 0.229. The number of carbonyl (C=O) groups is 2. The van der Waals surface area contributed by atoms with Gasteiger partial charge in [0.2, 0.25) is 11.8 Å². The largest absolute Gasteiger partial charge is 0.394 e. The number of aromatic amines is 1. The lowest BCUT2D eigenvalue weighted by Gasteiger charge is -2.44. The van der Waals surface area contributed by atoms with Crippen molar-refractivity contribution < 1.29 is 34.8 Å². The van der Waals surface area contributed by atoms with Crippen molar-refractivity contribution in [3.05, 3.63) is 12.7 Å². The summed E-state index contributed by atoms with van der Waals surface area (Å²) in [5, 5.41) is 49.4. The van der Waals surface area contributed by atoms with E-state index in [4.69, 9.17) is 4.74 Å². The highest BCUT2D eigenvalue weighted by atomic mass is 16.5. The van der Waals surface area contributed by atoms with Crippen LogP contribution < -0.4 is 16.0 Å². The maximum Gasteiger partial charge on any atom is 0.239 e. The van der Waals surface area contributed by atoms with Gasteiger partial charge < -0.3 is 46.1 Å². The van der Waals surface area contributed by atoms with Crippen molar-refractivity contribution in [2.75, 3.05) is 18.5 Å². The highest BCUT2D eigenvalue weighted by molar-refractivity contribution is 5.85. The fourth-order valence-electron chi connectivity index (χ4n) is 4.70. The molecule has 8 N–H and O–H groups in total. The Morgan fingerprint density at radius 3 is 2.48 bits per heavy atom. The van der Waals surface area contributed by atoms with E-state index < -0.39 is 49.2 Å². The molecule has 0 spiro atoms. The molecular weight excluding hydrogens is 522 g/mol. The molecule has 1 aliphatic heterocycles. The van der Waals surface area contributed by atoms with E-state index in [1.165, 1.54) is 31.9 Å². The molecule has 1 saturated heterocycles. The first-order chi connectivity index (χ1) is 19.2. The van der Waals surface area contributed by atoms with Crippen molar-refractivity contribution >= 4 is 28.8 Å². The van der Waals surface area contributed by atoms with E-state index in [9.17, 15) is 30.0 Å². The monoisotopic (exact) mass is 565 g/mol. The molecule has 1 fully saturated rings. The van der Waals surface area contributed by atoms with Crippen LogP contribution in [0.4, 0.5) is 5.82 Å². The molecule has 14 heteroatoms. The molecule has 3 heterocycles. The van der Waals surface area contributed by atoms with Crippen LogP contribution in [-0.4, -0.2) is 102 Å². The minimum Gasteiger partial charge on any atom is -0.394 e. The fraction of sp³-hybridized carbons (Fsp3) is 0.731. The topological polar surface area (TPSA) is 215 Å². The molecule has 6 atom stereocenters. The van der Waals surface area contributed by atoms with Crippen LogP contribution in [0.2, 0.25) is 0 Å². The van der Waals surface area contributed by atoms with Gasteiger partial charge in [-0.2, -0.15) is 0 Å². The van der Waals surface area contributed by atoms with Gasteiger partial charge in [0, 0.05) is 6.42 Å². The maximum atomic E-state index is 12.6. The predicted octanol–water partition coefficient (Wildman–Crippen LogP) is -0.0575. The molecule has 0 aliphatic carbocycles. The van der Waals surface area contributed by atoms with Gasteiger partial charge in [0.15, 0.2) is 17.7 Å². The Morgan fingerprint density at radius 1 is 1.02 bits per heavy atom. The average molecular weight is 566 g/mol. The van der Waals surface area contributed by atoms with Gasteiger partial charge >= 0.3 is 0 Å². The number of carbonyl (C=O) groups excluding carboxylic acids is 2. The normalized spacial score (nSPS) is 23.7. The van der Waals surface area contributed by atoms with Crippen molar-refractivity contribution in [3.63, 3.8) is 0 Å². The van der Waals surface area contributed by atoms with Gasteiger partial charge in [0.1, 0.15) is 36.3 Å². The molecule has 0 unspecified atom stereocenters. The SMILES string of the molecule is CC(C)CCCCCCCCC(=O)NCC(=O)N[C@@H]1[C@@H](O)[C@@H](O)[C@@H](Nc2ncnc3nc[nH]c23)O[C@H]1[C@@H](O)CO. The number of hydrogen-bond acceptors (Lipinski definition) is 11. The van der Waals surface area contributed by atoms with Crippen LogP contribution in [-0.2, 0) is 14.3 Å². The second-order valence-electron chi connectivity index (χ2n) is 10.6. The molecule has 14 nitrogen and oxygen atoms in total. The fourth-order valence-corrected chi connectivity index (χ4v) is 4.70. The number of aromatic nitrogens is 4. The first-order valence-corrected chi connectivity index (χ1v) is 14.0. The number of fused-ring (bicyclic) bond motifs is 1. The smallest absolute Gasteiger partial charge is 0.239 e. The number of H-pyrrole nitrogens is 1. The Balaban J connectivity index is 1.46. The van der Waals surface area contributed by atoms with Crippen molar-refractivity contribution in [2.24, 2.45) is 5.92 Å². The molecule has 2 aromatic heterocycles. The number of anilines is 1. The third-order valence-corrected chi connectivity index (χ3v) is 6.96. The summed E-state index contributed by atoms with van der Waals surface area (Å²) < 4.78 is 5.77. The second kappa shape index (κ2) is 15.8. The van der Waals surface area contributed by atoms with E-state index in [2.05, 4.69) is 49.7 Å². The van der Waals surface area contributed by atoms with Crippen LogP contribution >= 0.6 is 0 Å². The number of amides is 2. The van der Waals surface area contributed by atoms with Crippen LogP contribution in [0.15, 0.2) is 12.7 Å². The lowest BCUT2D eigenvalue weighted by Crippen LogP contribution is -2.68. The predicted molar refractivity (Wildman–Crippen MR) is 146 cm³/mol. The number of ether oxygens (including phenoxy) is 1. The number of nitrogens with zero attached hydrogens (tertiary/aromatic N) is 3. The van der Waals surface area contributed by atoms with Crippen LogP contribution in [0, 0.1) is 5.92 Å². The van der Waals surface area contributed by atoms with Crippen molar-refractivity contribution in [1.82, 2.24) is 30.6 Å². The molecule has 0 saturated carbocycles. The van der Waals surface area contributed by atoms with Gasteiger partial charge in [-0.15, -0.1) is 0 Å². The Bertz CT molecular complexity index is 1070. The van der Waals surface area contributed by atoms with E-state index in [-0.39, 0.29) is 18.3 Å². The minimum atomic E-state index is -1.59. The second-order valence-corrected chi connectivity index (χ2v) is 10.6. The van der Waals surface area contributed by atoms with E-state index in [1.807, 2.05) is 0 Å². The zero-order valence-electron chi connectivity index (χ0n) is 23.1. The Kier molecular flexibility index (Phi) is 12.5. The zero-order chi connectivity index (χ0) is 29.1. The van der Waals surface area contributed by atoms with Crippen LogP contribution in [0.1, 0.15) is 65.2 Å². The summed E-state index contributed by atoms with van der Waals surface area (Å²) in [5.41, 5.74) is 0.791. The number of rotatable bonds is 16. The van der Waals surface area contributed by atoms with Gasteiger partial charge in [-0.25, -0.2) is 15.0 Å². The molecule has 40 heavy (non-hydrogen) atoms. The van der Waals surface area contributed by atoms with Crippen LogP contribution in [0.3, 0.4) is 0 Å². The molecule has 1 aliphatic rings. The van der Waals surface area contributed by atoms with Crippen molar-refractivity contribution in [2.45, 2.75) is 102 Å². The Labute approximate surface area is 233 Å². The van der Waals surface area contributed by atoms with Gasteiger partial charge in [-0.1, -0.05) is 52.4 Å².